The molecule has 3 aromatic heterocycles. The highest BCUT2D eigenvalue weighted by Gasteiger charge is 2.07. The maximum Gasteiger partial charge on any atom is 0.219 e. The lowest BCUT2D eigenvalue weighted by Gasteiger charge is -2.07. The van der Waals surface area contributed by atoms with Gasteiger partial charge in [-0.1, -0.05) is 18.2 Å². The Balaban J connectivity index is 1.72. The summed E-state index contributed by atoms with van der Waals surface area (Å²) >= 11 is 0. The fourth-order valence-corrected chi connectivity index (χ4v) is 2.37. The van der Waals surface area contributed by atoms with E-state index in [1.54, 1.807) is 12.3 Å². The van der Waals surface area contributed by atoms with Gasteiger partial charge in [0.1, 0.15) is 17.6 Å². The number of fused-ring (bicyclic) bond motifs is 1. The number of nitrogens with two attached hydrogens (primary N) is 1. The second kappa shape index (κ2) is 5.92. The van der Waals surface area contributed by atoms with Crippen molar-refractivity contribution < 1.29 is 4.74 Å². The molecule has 0 bridgehead atoms. The predicted octanol–water partition coefficient (Wildman–Crippen LogP) is 3.46. The highest BCUT2D eigenvalue weighted by Crippen LogP contribution is 2.27. The molecule has 0 fully saturated rings. The highest BCUT2D eigenvalue weighted by molar-refractivity contribution is 5.85. The van der Waals surface area contributed by atoms with E-state index in [2.05, 4.69) is 19.9 Å². The molecule has 0 radical (unpaired) electrons. The van der Waals surface area contributed by atoms with Crippen molar-refractivity contribution >= 4 is 16.9 Å². The van der Waals surface area contributed by atoms with Crippen LogP contribution in [0, 0.1) is 0 Å². The van der Waals surface area contributed by atoms with Gasteiger partial charge in [0.2, 0.25) is 5.88 Å². The van der Waals surface area contributed by atoms with Crippen LogP contribution in [0.5, 0.6) is 11.6 Å². The first kappa shape index (κ1) is 14.1. The zero-order valence-electron chi connectivity index (χ0n) is 12.6. The molecule has 0 aliphatic heterocycles. The van der Waals surface area contributed by atoms with Gasteiger partial charge in [0.15, 0.2) is 5.82 Å². The summed E-state index contributed by atoms with van der Waals surface area (Å²) in [5.74, 6) is 1.59. The van der Waals surface area contributed by atoms with Gasteiger partial charge in [-0.15, -0.1) is 0 Å². The molecule has 116 valence electrons. The number of rotatable bonds is 3. The van der Waals surface area contributed by atoms with Gasteiger partial charge in [-0.05, 0) is 30.3 Å². The Hall–Kier alpha value is -3.54. The van der Waals surface area contributed by atoms with E-state index in [0.29, 0.717) is 28.5 Å². The number of ether oxygens (including phenoxy) is 1. The van der Waals surface area contributed by atoms with E-state index in [0.717, 1.165) is 11.3 Å². The zero-order valence-corrected chi connectivity index (χ0v) is 12.6. The molecule has 1 aromatic carbocycles. The van der Waals surface area contributed by atoms with E-state index >= 15 is 0 Å². The van der Waals surface area contributed by atoms with Gasteiger partial charge in [-0.25, -0.2) is 19.9 Å². The quantitative estimate of drug-likeness (QED) is 0.623. The van der Waals surface area contributed by atoms with Crippen LogP contribution in [0.25, 0.3) is 22.3 Å². The third kappa shape index (κ3) is 2.72. The molecule has 6 nitrogen and oxygen atoms in total. The van der Waals surface area contributed by atoms with Crippen molar-refractivity contribution in [3.05, 3.63) is 67.1 Å². The van der Waals surface area contributed by atoms with Crippen LogP contribution in [0.3, 0.4) is 0 Å². The van der Waals surface area contributed by atoms with E-state index in [4.69, 9.17) is 10.5 Å². The van der Waals surface area contributed by atoms with Crippen LogP contribution < -0.4 is 10.5 Å². The van der Waals surface area contributed by atoms with Gasteiger partial charge in [0, 0.05) is 17.8 Å². The van der Waals surface area contributed by atoms with Gasteiger partial charge in [0.05, 0.1) is 11.2 Å². The molecule has 0 spiro atoms. The van der Waals surface area contributed by atoms with Gasteiger partial charge in [-0.3, -0.25) is 0 Å². The molecule has 0 atom stereocenters. The van der Waals surface area contributed by atoms with E-state index in [1.807, 2.05) is 48.5 Å². The first-order chi connectivity index (χ1) is 11.8. The summed E-state index contributed by atoms with van der Waals surface area (Å²) < 4.78 is 5.76. The van der Waals surface area contributed by atoms with Crippen LogP contribution >= 0.6 is 0 Å². The number of hydrogen-bond donors (Lipinski definition) is 1. The summed E-state index contributed by atoms with van der Waals surface area (Å²) in [5.41, 5.74) is 8.88. The zero-order chi connectivity index (χ0) is 16.4. The standard InChI is InChI=1S/C18H13N5O/c19-18-17-15(21-11-22-18)8-7-14(23-17)12-4-3-5-13(10-12)24-16-6-1-2-9-20-16/h1-11H,(H2,19,21,22). The summed E-state index contributed by atoms with van der Waals surface area (Å²) in [6.45, 7) is 0. The molecule has 4 rings (SSSR count). The summed E-state index contributed by atoms with van der Waals surface area (Å²) in [6.07, 6.45) is 3.12. The van der Waals surface area contributed by atoms with Gasteiger partial charge >= 0.3 is 0 Å². The maximum atomic E-state index is 5.89. The van der Waals surface area contributed by atoms with Crippen LogP contribution in [0.1, 0.15) is 0 Å². The second-order valence-electron chi connectivity index (χ2n) is 5.12. The van der Waals surface area contributed by atoms with Gasteiger partial charge in [-0.2, -0.15) is 0 Å². The van der Waals surface area contributed by atoms with Crippen molar-refractivity contribution in [1.82, 2.24) is 19.9 Å². The normalized spacial score (nSPS) is 10.7. The van der Waals surface area contributed by atoms with E-state index in [1.165, 1.54) is 6.33 Å². The molecule has 0 amide bonds. The van der Waals surface area contributed by atoms with Crippen LogP contribution in [-0.4, -0.2) is 19.9 Å². The van der Waals surface area contributed by atoms with Crippen molar-refractivity contribution in [2.45, 2.75) is 0 Å². The number of hydrogen-bond acceptors (Lipinski definition) is 6. The van der Waals surface area contributed by atoms with Gasteiger partial charge in [0.25, 0.3) is 0 Å². The van der Waals surface area contributed by atoms with Crippen LogP contribution in [0.2, 0.25) is 0 Å². The Kier molecular flexibility index (Phi) is 3.47. The van der Waals surface area contributed by atoms with E-state index in [9.17, 15) is 0 Å². The summed E-state index contributed by atoms with van der Waals surface area (Å²) in [7, 11) is 0. The minimum Gasteiger partial charge on any atom is -0.439 e. The summed E-state index contributed by atoms with van der Waals surface area (Å²) in [5, 5.41) is 0. The third-order valence-electron chi connectivity index (χ3n) is 3.50. The summed E-state index contributed by atoms with van der Waals surface area (Å²) in [4.78, 5) is 16.9. The molecule has 4 aromatic rings. The van der Waals surface area contributed by atoms with Crippen molar-refractivity contribution in [3.63, 3.8) is 0 Å². The smallest absolute Gasteiger partial charge is 0.219 e. The average molecular weight is 315 g/mol. The molecule has 2 N–H and O–H groups in total. The Morgan fingerprint density at radius 1 is 0.875 bits per heavy atom. The fraction of sp³-hybridized carbons (Fsp3) is 0. The fourth-order valence-electron chi connectivity index (χ4n) is 2.37. The lowest BCUT2D eigenvalue weighted by Crippen LogP contribution is -1.96. The maximum absolute atomic E-state index is 5.89. The SMILES string of the molecule is Nc1ncnc2ccc(-c3cccc(Oc4ccccn4)c3)nc12. The van der Waals surface area contributed by atoms with Crippen LogP contribution in [-0.2, 0) is 0 Å². The number of pyridine rings is 2. The largest absolute Gasteiger partial charge is 0.439 e. The topological polar surface area (TPSA) is 86.8 Å². The molecule has 0 aliphatic rings. The molecular formula is C18H13N5O. The molecule has 6 heteroatoms. The molecule has 0 saturated heterocycles. The Morgan fingerprint density at radius 2 is 1.83 bits per heavy atom. The number of nitrogens with zero attached hydrogens (tertiary/aromatic N) is 4. The van der Waals surface area contributed by atoms with Gasteiger partial charge < -0.3 is 10.5 Å². The second-order valence-corrected chi connectivity index (χ2v) is 5.12. The van der Waals surface area contributed by atoms with Crippen LogP contribution in [0.4, 0.5) is 5.82 Å². The molecular weight excluding hydrogens is 302 g/mol. The Morgan fingerprint density at radius 3 is 2.71 bits per heavy atom. The number of benzene rings is 1. The first-order valence-corrected chi connectivity index (χ1v) is 7.36. The Bertz CT molecular complexity index is 1000. The molecule has 0 saturated carbocycles. The number of anilines is 1. The molecule has 0 aliphatic carbocycles. The van der Waals surface area contributed by atoms with Crippen LogP contribution in [0.15, 0.2) is 67.1 Å². The van der Waals surface area contributed by atoms with Crippen molar-refractivity contribution in [2.75, 3.05) is 5.73 Å². The van der Waals surface area contributed by atoms with Crippen molar-refractivity contribution in [2.24, 2.45) is 0 Å². The highest BCUT2D eigenvalue weighted by atomic mass is 16.5. The lowest BCUT2D eigenvalue weighted by atomic mass is 10.1. The first-order valence-electron chi connectivity index (χ1n) is 7.36. The Labute approximate surface area is 138 Å². The molecule has 0 unspecified atom stereocenters. The minimum atomic E-state index is 0.364. The predicted molar refractivity (Wildman–Crippen MR) is 91.5 cm³/mol. The third-order valence-corrected chi connectivity index (χ3v) is 3.50. The van der Waals surface area contributed by atoms with Crippen molar-refractivity contribution in [1.29, 1.82) is 0 Å². The molecule has 3 heterocycles. The number of nitrogen functional groups attached to an aromatic ring is 1. The van der Waals surface area contributed by atoms with Crippen molar-refractivity contribution in [3.8, 4) is 22.9 Å². The lowest BCUT2D eigenvalue weighted by molar-refractivity contribution is 0.463. The van der Waals surface area contributed by atoms with E-state index in [-0.39, 0.29) is 0 Å². The monoisotopic (exact) mass is 315 g/mol. The summed E-state index contributed by atoms with van der Waals surface area (Å²) in [6, 6.07) is 16.9. The minimum absolute atomic E-state index is 0.364. The molecule has 24 heavy (non-hydrogen) atoms. The number of aromatic nitrogens is 4. The average Bonchev–Trinajstić information content (AvgIpc) is 2.63. The van der Waals surface area contributed by atoms with E-state index < -0.39 is 0 Å².